The summed E-state index contributed by atoms with van der Waals surface area (Å²) < 4.78 is 2.00. The van der Waals surface area contributed by atoms with Crippen LogP contribution in [-0.2, 0) is 11.3 Å². The fourth-order valence-corrected chi connectivity index (χ4v) is 3.01. The van der Waals surface area contributed by atoms with Crippen LogP contribution in [0.2, 0.25) is 0 Å². The molecule has 1 fully saturated rings. The first-order valence-electron chi connectivity index (χ1n) is 7.79. The molecule has 3 N–H and O–H groups in total. The number of aromatic nitrogens is 3. The predicted octanol–water partition coefficient (Wildman–Crippen LogP) is 0.646. The molecule has 1 aliphatic carbocycles. The average molecular weight is 315 g/mol. The van der Waals surface area contributed by atoms with Crippen molar-refractivity contribution in [1.29, 1.82) is 0 Å². The average Bonchev–Trinajstić information content (AvgIpc) is 3.17. The van der Waals surface area contributed by atoms with Crippen LogP contribution in [0, 0.1) is 5.92 Å². The van der Waals surface area contributed by atoms with Crippen LogP contribution in [0.5, 0.6) is 0 Å². The molecule has 0 aromatic carbocycles. The minimum Gasteiger partial charge on any atom is -0.391 e. The van der Waals surface area contributed by atoms with E-state index in [1.54, 1.807) is 24.8 Å². The third-order valence-electron chi connectivity index (χ3n) is 4.10. The number of rotatable bonds is 6. The number of nitrogens with zero attached hydrogens (tertiary/aromatic N) is 3. The molecule has 2 aromatic heterocycles. The molecule has 7 nitrogen and oxygen atoms in total. The number of hydrogen-bond donors (Lipinski definition) is 3. The molecule has 0 aliphatic heterocycles. The SMILES string of the molecule is O=C(CNc1ccccn1)N[C@@H]1CC(Cn2ccnc2)C[C@H]1O. The number of hydrogen-bond acceptors (Lipinski definition) is 5. The van der Waals surface area contributed by atoms with Gasteiger partial charge in [0.2, 0.25) is 5.91 Å². The zero-order valence-corrected chi connectivity index (χ0v) is 12.8. The van der Waals surface area contributed by atoms with Gasteiger partial charge in [0.25, 0.3) is 0 Å². The molecular weight excluding hydrogens is 294 g/mol. The summed E-state index contributed by atoms with van der Waals surface area (Å²) in [5, 5.41) is 16.0. The van der Waals surface area contributed by atoms with Crippen molar-refractivity contribution in [3.63, 3.8) is 0 Å². The Hall–Kier alpha value is -2.41. The summed E-state index contributed by atoms with van der Waals surface area (Å²) in [4.78, 5) is 20.1. The van der Waals surface area contributed by atoms with E-state index in [9.17, 15) is 9.90 Å². The molecular formula is C16H21N5O2. The Morgan fingerprint density at radius 2 is 2.26 bits per heavy atom. The van der Waals surface area contributed by atoms with Gasteiger partial charge in [-0.2, -0.15) is 0 Å². The zero-order valence-electron chi connectivity index (χ0n) is 12.8. The molecule has 0 radical (unpaired) electrons. The summed E-state index contributed by atoms with van der Waals surface area (Å²) in [6.45, 7) is 0.960. The Kier molecular flexibility index (Phi) is 4.87. The minimum atomic E-state index is -0.498. The molecule has 0 bridgehead atoms. The Morgan fingerprint density at radius 1 is 1.35 bits per heavy atom. The highest BCUT2D eigenvalue weighted by molar-refractivity contribution is 5.80. The van der Waals surface area contributed by atoms with Gasteiger partial charge in [-0.15, -0.1) is 0 Å². The van der Waals surface area contributed by atoms with Crippen molar-refractivity contribution in [1.82, 2.24) is 19.9 Å². The molecule has 1 amide bonds. The molecule has 3 rings (SSSR count). The normalized spacial score (nSPS) is 23.6. The Bertz CT molecular complexity index is 617. The topological polar surface area (TPSA) is 92.1 Å². The van der Waals surface area contributed by atoms with Crippen LogP contribution in [0.15, 0.2) is 43.1 Å². The van der Waals surface area contributed by atoms with Gasteiger partial charge in [0.15, 0.2) is 0 Å². The molecule has 3 atom stereocenters. The van der Waals surface area contributed by atoms with Gasteiger partial charge in [-0.05, 0) is 30.9 Å². The van der Waals surface area contributed by atoms with Gasteiger partial charge in [0.05, 0.1) is 25.0 Å². The predicted molar refractivity (Wildman–Crippen MR) is 85.6 cm³/mol. The van der Waals surface area contributed by atoms with Crippen LogP contribution in [0.4, 0.5) is 5.82 Å². The third kappa shape index (κ3) is 4.29. The van der Waals surface area contributed by atoms with Gasteiger partial charge in [0.1, 0.15) is 5.82 Å². The van der Waals surface area contributed by atoms with Gasteiger partial charge in [0, 0.05) is 25.1 Å². The number of imidazole rings is 1. The molecule has 1 saturated carbocycles. The van der Waals surface area contributed by atoms with Crippen LogP contribution < -0.4 is 10.6 Å². The van der Waals surface area contributed by atoms with E-state index in [1.807, 2.05) is 22.9 Å². The maximum absolute atomic E-state index is 12.0. The van der Waals surface area contributed by atoms with Crippen molar-refractivity contribution in [3.05, 3.63) is 43.1 Å². The van der Waals surface area contributed by atoms with Crippen molar-refractivity contribution >= 4 is 11.7 Å². The lowest BCUT2D eigenvalue weighted by atomic mass is 10.1. The van der Waals surface area contributed by atoms with E-state index in [2.05, 4.69) is 20.6 Å². The maximum Gasteiger partial charge on any atom is 0.239 e. The molecule has 23 heavy (non-hydrogen) atoms. The number of amides is 1. The monoisotopic (exact) mass is 315 g/mol. The van der Waals surface area contributed by atoms with E-state index in [0.717, 1.165) is 13.0 Å². The first-order valence-corrected chi connectivity index (χ1v) is 7.79. The molecule has 2 aromatic rings. The van der Waals surface area contributed by atoms with E-state index in [4.69, 9.17) is 0 Å². The summed E-state index contributed by atoms with van der Waals surface area (Å²) in [7, 11) is 0. The standard InChI is InChI=1S/C16H21N5O2/c22-14-8-12(10-21-6-5-17-11-21)7-13(14)20-16(23)9-19-15-3-1-2-4-18-15/h1-6,11-14,22H,7-10H2,(H,18,19)(H,20,23)/t12?,13-,14-/m1/s1. The summed E-state index contributed by atoms with van der Waals surface area (Å²) in [6.07, 6.45) is 8.06. The number of carbonyl (C=O) groups is 1. The van der Waals surface area contributed by atoms with Gasteiger partial charge in [-0.1, -0.05) is 6.07 Å². The smallest absolute Gasteiger partial charge is 0.239 e. The fraction of sp³-hybridized carbons (Fsp3) is 0.438. The first-order chi connectivity index (χ1) is 11.2. The van der Waals surface area contributed by atoms with Crippen LogP contribution in [0.3, 0.4) is 0 Å². The summed E-state index contributed by atoms with van der Waals surface area (Å²) in [5.74, 6) is 0.865. The Balaban J connectivity index is 1.45. The van der Waals surface area contributed by atoms with E-state index < -0.39 is 6.10 Å². The fourth-order valence-electron chi connectivity index (χ4n) is 3.01. The molecule has 2 heterocycles. The molecule has 0 saturated heterocycles. The van der Waals surface area contributed by atoms with Crippen LogP contribution >= 0.6 is 0 Å². The second-order valence-corrected chi connectivity index (χ2v) is 5.91. The van der Waals surface area contributed by atoms with Gasteiger partial charge >= 0.3 is 0 Å². The highest BCUT2D eigenvalue weighted by Gasteiger charge is 2.33. The van der Waals surface area contributed by atoms with Gasteiger partial charge in [-0.3, -0.25) is 4.79 Å². The summed E-state index contributed by atoms with van der Waals surface area (Å²) in [6, 6.07) is 5.29. The lowest BCUT2D eigenvalue weighted by molar-refractivity contribution is -0.120. The van der Waals surface area contributed by atoms with Crippen LogP contribution in [0.1, 0.15) is 12.8 Å². The first kappa shape index (κ1) is 15.5. The van der Waals surface area contributed by atoms with E-state index in [1.165, 1.54) is 0 Å². The maximum atomic E-state index is 12.0. The van der Waals surface area contributed by atoms with E-state index in [-0.39, 0.29) is 18.5 Å². The highest BCUT2D eigenvalue weighted by Crippen LogP contribution is 2.27. The number of carbonyl (C=O) groups excluding carboxylic acids is 1. The minimum absolute atomic E-state index is 0.136. The van der Waals surface area contributed by atoms with Gasteiger partial charge in [-0.25, -0.2) is 9.97 Å². The number of nitrogens with one attached hydrogen (secondary N) is 2. The van der Waals surface area contributed by atoms with Crippen LogP contribution in [0.25, 0.3) is 0 Å². The van der Waals surface area contributed by atoms with E-state index >= 15 is 0 Å². The van der Waals surface area contributed by atoms with Crippen molar-refractivity contribution < 1.29 is 9.90 Å². The van der Waals surface area contributed by atoms with Crippen molar-refractivity contribution in [2.24, 2.45) is 5.92 Å². The summed E-state index contributed by atoms with van der Waals surface area (Å²) in [5.41, 5.74) is 0. The molecule has 7 heteroatoms. The van der Waals surface area contributed by atoms with Crippen LogP contribution in [-0.4, -0.2) is 44.2 Å². The van der Waals surface area contributed by atoms with E-state index in [0.29, 0.717) is 18.2 Å². The molecule has 1 unspecified atom stereocenters. The van der Waals surface area contributed by atoms with Crippen molar-refractivity contribution in [2.45, 2.75) is 31.5 Å². The Labute approximate surface area is 134 Å². The van der Waals surface area contributed by atoms with Gasteiger partial charge < -0.3 is 20.3 Å². The summed E-state index contributed by atoms with van der Waals surface area (Å²) >= 11 is 0. The third-order valence-corrected chi connectivity index (χ3v) is 4.10. The van der Waals surface area contributed by atoms with Crippen molar-refractivity contribution in [3.8, 4) is 0 Å². The zero-order chi connectivity index (χ0) is 16.1. The number of pyridine rings is 1. The second kappa shape index (κ2) is 7.23. The number of aliphatic hydroxyl groups is 1. The quantitative estimate of drug-likeness (QED) is 0.728. The largest absolute Gasteiger partial charge is 0.391 e. The lowest BCUT2D eigenvalue weighted by Crippen LogP contribution is -2.42. The molecule has 122 valence electrons. The lowest BCUT2D eigenvalue weighted by Gasteiger charge is -2.16. The number of aliphatic hydroxyl groups excluding tert-OH is 1. The Morgan fingerprint density at radius 3 is 3.00 bits per heavy atom. The molecule has 0 spiro atoms. The highest BCUT2D eigenvalue weighted by atomic mass is 16.3. The van der Waals surface area contributed by atoms with Crippen molar-refractivity contribution in [2.75, 3.05) is 11.9 Å². The molecule has 1 aliphatic rings. The second-order valence-electron chi connectivity index (χ2n) is 5.91. The number of anilines is 1.